The first kappa shape index (κ1) is 18.6. The van der Waals surface area contributed by atoms with Crippen molar-refractivity contribution in [3.05, 3.63) is 40.8 Å². The lowest BCUT2D eigenvalue weighted by Gasteiger charge is -2.28. The number of nitrogens with one attached hydrogen (secondary N) is 2. The molecule has 8 nitrogen and oxygen atoms in total. The second kappa shape index (κ2) is 6.81. The number of nitrogens with two attached hydrogens (primary N) is 1. The molecule has 5 rings (SSSR count). The van der Waals surface area contributed by atoms with E-state index in [-0.39, 0.29) is 28.9 Å². The average Bonchev–Trinajstić information content (AvgIpc) is 3.32. The number of imidazole rings is 1. The Morgan fingerprint density at radius 1 is 1.30 bits per heavy atom. The summed E-state index contributed by atoms with van der Waals surface area (Å²) in [4.78, 5) is 16.1. The minimum Gasteiger partial charge on any atom is -0.373 e. The molecule has 1 amide bonds. The number of anilines is 1. The number of fused-ring (bicyclic) bond motifs is 1. The molecule has 1 aliphatic carbocycles. The van der Waals surface area contributed by atoms with Gasteiger partial charge in [0.25, 0.3) is 5.91 Å². The second-order valence-corrected chi connectivity index (χ2v) is 7.49. The Kier molecular flexibility index (Phi) is 4.22. The number of benzene rings is 1. The molecule has 30 heavy (non-hydrogen) atoms. The Bertz CT molecular complexity index is 1240. The van der Waals surface area contributed by atoms with E-state index in [1.165, 1.54) is 12.4 Å². The maximum atomic E-state index is 15.0. The summed E-state index contributed by atoms with van der Waals surface area (Å²) in [6, 6.07) is 1.53. The average molecular weight is 411 g/mol. The maximum absolute atomic E-state index is 15.0. The first-order valence-corrected chi connectivity index (χ1v) is 9.67. The van der Waals surface area contributed by atoms with Crippen molar-refractivity contribution < 1.29 is 13.6 Å². The predicted molar refractivity (Wildman–Crippen MR) is 106 cm³/mol. The van der Waals surface area contributed by atoms with Crippen molar-refractivity contribution in [1.82, 2.24) is 24.6 Å². The summed E-state index contributed by atoms with van der Waals surface area (Å²) < 4.78 is 33.1. The summed E-state index contributed by atoms with van der Waals surface area (Å²) in [7, 11) is 1.65. The van der Waals surface area contributed by atoms with E-state index in [9.17, 15) is 13.6 Å². The number of rotatable bonds is 4. The number of hydrogen-bond donors (Lipinski definition) is 3. The highest BCUT2D eigenvalue weighted by Crippen LogP contribution is 2.38. The first-order chi connectivity index (χ1) is 14.5. The van der Waals surface area contributed by atoms with E-state index in [0.29, 0.717) is 24.4 Å². The van der Waals surface area contributed by atoms with Crippen molar-refractivity contribution in [1.29, 1.82) is 0 Å². The Hall–Kier alpha value is -3.45. The number of carbonyl (C=O) groups excluding carboxylic acids is 1. The van der Waals surface area contributed by atoms with E-state index in [0.717, 1.165) is 12.8 Å². The summed E-state index contributed by atoms with van der Waals surface area (Å²) in [6.07, 6.45) is 3.47. The number of halogens is 2. The van der Waals surface area contributed by atoms with Crippen LogP contribution in [0.5, 0.6) is 0 Å². The lowest BCUT2D eigenvalue weighted by Crippen LogP contribution is -2.44. The second-order valence-electron chi connectivity index (χ2n) is 7.49. The van der Waals surface area contributed by atoms with Crippen molar-refractivity contribution in [2.45, 2.75) is 24.9 Å². The SMILES string of the molecule is CNc1c(C(N)=O)c(C#Cc2c(F)cc3c(ncn3C3CC3)c2F)nn1C1CNC1. The molecule has 2 aliphatic rings. The summed E-state index contributed by atoms with van der Waals surface area (Å²) in [5.41, 5.74) is 5.77. The molecule has 2 fully saturated rings. The lowest BCUT2D eigenvalue weighted by molar-refractivity contribution is 0.100. The van der Waals surface area contributed by atoms with E-state index in [2.05, 4.69) is 32.6 Å². The molecule has 3 heterocycles. The van der Waals surface area contributed by atoms with Gasteiger partial charge in [0.1, 0.15) is 22.7 Å². The van der Waals surface area contributed by atoms with E-state index in [1.807, 2.05) is 0 Å². The Labute approximate surface area is 170 Å². The fourth-order valence-electron chi connectivity index (χ4n) is 3.68. The fraction of sp³-hybridized carbons (Fsp3) is 0.350. The maximum Gasteiger partial charge on any atom is 0.255 e. The van der Waals surface area contributed by atoms with Crippen LogP contribution in [0.15, 0.2) is 12.4 Å². The molecular formula is C20H19F2N7O. The zero-order valence-electron chi connectivity index (χ0n) is 16.2. The van der Waals surface area contributed by atoms with Gasteiger partial charge in [-0.2, -0.15) is 5.10 Å². The number of hydrogen-bond acceptors (Lipinski definition) is 5. The minimum atomic E-state index is -0.825. The molecule has 3 aromatic rings. The number of nitrogens with zero attached hydrogens (tertiary/aromatic N) is 4. The van der Waals surface area contributed by atoms with Crippen LogP contribution >= 0.6 is 0 Å². The highest BCUT2D eigenvalue weighted by Gasteiger charge is 2.29. The zero-order valence-corrected chi connectivity index (χ0v) is 16.2. The number of aromatic nitrogens is 4. The highest BCUT2D eigenvalue weighted by atomic mass is 19.1. The van der Waals surface area contributed by atoms with Crippen molar-refractivity contribution >= 4 is 22.8 Å². The van der Waals surface area contributed by atoms with Crippen LogP contribution < -0.4 is 16.4 Å². The van der Waals surface area contributed by atoms with E-state index < -0.39 is 23.1 Å². The minimum absolute atomic E-state index is 0.0392. The van der Waals surface area contributed by atoms with E-state index in [4.69, 9.17) is 5.73 Å². The van der Waals surface area contributed by atoms with E-state index in [1.54, 1.807) is 16.3 Å². The number of primary amides is 1. The van der Waals surface area contributed by atoms with Crippen LogP contribution in [0.3, 0.4) is 0 Å². The van der Waals surface area contributed by atoms with Crippen LogP contribution in [0.25, 0.3) is 11.0 Å². The normalized spacial score (nSPS) is 16.2. The molecule has 2 aromatic heterocycles. The van der Waals surface area contributed by atoms with Crippen LogP contribution in [0.1, 0.15) is 46.5 Å². The van der Waals surface area contributed by atoms with Crippen LogP contribution in [0, 0.1) is 23.5 Å². The first-order valence-electron chi connectivity index (χ1n) is 9.67. The molecule has 0 spiro atoms. The van der Waals surface area contributed by atoms with Crippen LogP contribution in [0.2, 0.25) is 0 Å². The van der Waals surface area contributed by atoms with Gasteiger partial charge in [0.05, 0.1) is 23.4 Å². The van der Waals surface area contributed by atoms with Gasteiger partial charge in [-0.25, -0.2) is 18.4 Å². The van der Waals surface area contributed by atoms with Crippen molar-refractivity contribution in [3.63, 3.8) is 0 Å². The van der Waals surface area contributed by atoms with Gasteiger partial charge in [0.15, 0.2) is 11.5 Å². The smallest absolute Gasteiger partial charge is 0.255 e. The molecule has 0 radical (unpaired) electrons. The Morgan fingerprint density at radius 3 is 2.67 bits per heavy atom. The molecule has 154 valence electrons. The van der Waals surface area contributed by atoms with Gasteiger partial charge in [-0.05, 0) is 18.8 Å². The standard InChI is InChI=1S/C20H19F2N7O/c1-24-20-16(19(23)30)14(27-29(20)11-7-25-8-11)5-4-12-13(21)6-15-18(17(12)22)26-9-28(15)10-2-3-10/h6,9-11,24-25H,2-3,7-8H2,1H3,(H2,23,30). The molecule has 1 aromatic carbocycles. The van der Waals surface area contributed by atoms with Crippen molar-refractivity contribution in [3.8, 4) is 11.8 Å². The third kappa shape index (κ3) is 2.81. The fourth-order valence-corrected chi connectivity index (χ4v) is 3.68. The molecular weight excluding hydrogens is 392 g/mol. The molecule has 1 saturated carbocycles. The van der Waals surface area contributed by atoms with Crippen LogP contribution in [0.4, 0.5) is 14.6 Å². The monoisotopic (exact) mass is 411 g/mol. The molecule has 0 bridgehead atoms. The molecule has 4 N–H and O–H groups in total. The van der Waals surface area contributed by atoms with Gasteiger partial charge in [0.2, 0.25) is 0 Å². The van der Waals surface area contributed by atoms with Crippen molar-refractivity contribution in [2.75, 3.05) is 25.5 Å². The van der Waals surface area contributed by atoms with Gasteiger partial charge in [0, 0.05) is 32.2 Å². The van der Waals surface area contributed by atoms with Gasteiger partial charge >= 0.3 is 0 Å². The third-order valence-corrected chi connectivity index (χ3v) is 5.51. The highest BCUT2D eigenvalue weighted by molar-refractivity contribution is 6.00. The predicted octanol–water partition coefficient (Wildman–Crippen LogP) is 1.53. The summed E-state index contributed by atoms with van der Waals surface area (Å²) in [6.45, 7) is 1.37. The topological polar surface area (TPSA) is 103 Å². The van der Waals surface area contributed by atoms with E-state index >= 15 is 0 Å². The largest absolute Gasteiger partial charge is 0.373 e. The van der Waals surface area contributed by atoms with Crippen LogP contribution in [-0.2, 0) is 0 Å². The summed E-state index contributed by atoms with van der Waals surface area (Å²) in [5.74, 6) is 3.24. The van der Waals surface area contributed by atoms with Gasteiger partial charge in [-0.3, -0.25) is 4.79 Å². The quantitative estimate of drug-likeness (QED) is 0.565. The Morgan fingerprint density at radius 2 is 2.07 bits per heavy atom. The third-order valence-electron chi connectivity index (χ3n) is 5.51. The molecule has 0 atom stereocenters. The molecule has 1 saturated heterocycles. The summed E-state index contributed by atoms with van der Waals surface area (Å²) in [5, 5.41) is 10.4. The number of amides is 1. The molecule has 1 aliphatic heterocycles. The zero-order chi connectivity index (χ0) is 21.0. The van der Waals surface area contributed by atoms with Gasteiger partial charge in [-0.1, -0.05) is 5.92 Å². The van der Waals surface area contributed by atoms with Gasteiger partial charge < -0.3 is 20.9 Å². The van der Waals surface area contributed by atoms with Crippen molar-refractivity contribution in [2.24, 2.45) is 5.73 Å². The number of carbonyl (C=O) groups is 1. The molecule has 10 heteroatoms. The molecule has 0 unspecified atom stereocenters. The summed E-state index contributed by atoms with van der Waals surface area (Å²) >= 11 is 0. The lowest BCUT2D eigenvalue weighted by atomic mass is 10.1. The van der Waals surface area contributed by atoms with Crippen LogP contribution in [-0.4, -0.2) is 45.4 Å². The van der Waals surface area contributed by atoms with Gasteiger partial charge in [-0.15, -0.1) is 0 Å². The Balaban J connectivity index is 1.61.